The molecule has 0 bridgehead atoms. The Morgan fingerprint density at radius 3 is 2.22 bits per heavy atom. The molecule has 2 atom stereocenters. The lowest BCUT2D eigenvalue weighted by molar-refractivity contribution is -0.120. The van der Waals surface area contributed by atoms with Gasteiger partial charge < -0.3 is 20.5 Å². The number of anilines is 1. The largest absolute Gasteiger partial charge is 0.489 e. The maximum atomic E-state index is 14.2. The lowest BCUT2D eigenvalue weighted by Gasteiger charge is -2.25. The van der Waals surface area contributed by atoms with Crippen LogP contribution in [0.4, 0.5) is 10.5 Å². The second-order valence-electron chi connectivity index (χ2n) is 11.9. The Kier molecular flexibility index (Phi) is 10.3. The van der Waals surface area contributed by atoms with E-state index in [4.69, 9.17) is 15.2 Å². The molecule has 5 aromatic rings. The summed E-state index contributed by atoms with van der Waals surface area (Å²) in [7, 11) is 0. The van der Waals surface area contributed by atoms with E-state index in [-0.39, 0.29) is 18.9 Å². The summed E-state index contributed by atoms with van der Waals surface area (Å²) in [6.45, 7) is 2.65. The van der Waals surface area contributed by atoms with Gasteiger partial charge in [-0.1, -0.05) is 97.1 Å². The number of thioether (sulfide) groups is 1. The van der Waals surface area contributed by atoms with Crippen molar-refractivity contribution in [3.05, 3.63) is 156 Å². The van der Waals surface area contributed by atoms with Gasteiger partial charge in [0.2, 0.25) is 11.8 Å². The molecule has 248 valence electrons. The molecular weight excluding hydrogens is 635 g/mol. The highest BCUT2D eigenvalue weighted by Crippen LogP contribution is 2.52. The van der Waals surface area contributed by atoms with Crippen molar-refractivity contribution in [3.8, 4) is 16.9 Å². The van der Waals surface area contributed by atoms with Crippen molar-refractivity contribution in [2.24, 2.45) is 5.73 Å². The molecule has 1 heterocycles. The number of hydrogen-bond acceptors (Lipinski definition) is 6. The van der Waals surface area contributed by atoms with Gasteiger partial charge in [-0.2, -0.15) is 0 Å². The molecule has 49 heavy (non-hydrogen) atoms. The average molecular weight is 672 g/mol. The van der Waals surface area contributed by atoms with Gasteiger partial charge in [0.1, 0.15) is 17.7 Å². The number of carbonyl (C=O) groups is 3. The van der Waals surface area contributed by atoms with Crippen molar-refractivity contribution < 1.29 is 23.9 Å². The molecule has 0 saturated carbocycles. The van der Waals surface area contributed by atoms with Crippen molar-refractivity contribution in [1.29, 1.82) is 0 Å². The van der Waals surface area contributed by atoms with Gasteiger partial charge in [-0.05, 0) is 71.1 Å². The summed E-state index contributed by atoms with van der Waals surface area (Å²) < 4.78 is 10.6. The predicted octanol–water partition coefficient (Wildman–Crippen LogP) is 7.89. The molecule has 1 aliphatic heterocycles. The lowest BCUT2D eigenvalue weighted by atomic mass is 10.0. The van der Waals surface area contributed by atoms with Crippen LogP contribution in [0.3, 0.4) is 0 Å². The third kappa shape index (κ3) is 8.13. The number of amides is 3. The third-order valence-electron chi connectivity index (χ3n) is 8.38. The Hall–Kier alpha value is -5.54. The highest BCUT2D eigenvalue weighted by molar-refractivity contribution is 8.02. The van der Waals surface area contributed by atoms with Crippen molar-refractivity contribution >= 4 is 35.4 Å². The fraction of sp³-hybridized carbons (Fsp3) is 0.175. The summed E-state index contributed by atoms with van der Waals surface area (Å²) in [5.41, 5.74) is 11.5. The Labute approximate surface area is 290 Å². The van der Waals surface area contributed by atoms with Crippen molar-refractivity contribution in [2.45, 2.75) is 36.6 Å². The summed E-state index contributed by atoms with van der Waals surface area (Å²) in [5.74, 6) is -0.0278. The molecule has 0 aliphatic carbocycles. The van der Waals surface area contributed by atoms with Crippen LogP contribution in [0.1, 0.15) is 45.8 Å². The molecular formula is C40H37N3O5S. The van der Waals surface area contributed by atoms with Crippen LogP contribution in [-0.4, -0.2) is 29.3 Å². The van der Waals surface area contributed by atoms with Crippen molar-refractivity contribution in [1.82, 2.24) is 5.32 Å². The minimum Gasteiger partial charge on any atom is -0.489 e. The van der Waals surface area contributed by atoms with Gasteiger partial charge in [0.25, 0.3) is 0 Å². The molecule has 1 fully saturated rings. The zero-order valence-electron chi connectivity index (χ0n) is 27.1. The SMILES string of the molecule is C[C@]1(CCOC(=O)NCc2cccc(-c3ccccc3)c2)S[C@@H](c2ccc(OCc3ccccc3)cc2)N(c2cccc(C(N)=O)c2)C1=O. The first kappa shape index (κ1) is 33.4. The monoisotopic (exact) mass is 671 g/mol. The molecule has 1 aliphatic rings. The van der Waals surface area contributed by atoms with Gasteiger partial charge in [-0.15, -0.1) is 11.8 Å². The number of nitrogens with one attached hydrogen (secondary N) is 1. The molecule has 8 nitrogen and oxygen atoms in total. The lowest BCUT2D eigenvalue weighted by Crippen LogP contribution is -2.38. The standard InChI is InChI=1S/C40H37N3O5S/c1-40(22-23-47-39(46)42-26-29-12-8-15-32(24-29)30-13-6-3-7-14-30)38(45)43(34-17-9-16-33(25-34)36(41)44)37(49-40)31-18-20-35(21-19-31)48-27-28-10-4-2-5-11-28/h2-21,24-25,37H,22-23,26-27H2,1H3,(H2,41,44)(H,42,46)/t37-,40+/m0/s1. The van der Waals surface area contributed by atoms with Crippen LogP contribution in [0.15, 0.2) is 133 Å². The van der Waals surface area contributed by atoms with Gasteiger partial charge in [0.15, 0.2) is 0 Å². The molecule has 0 radical (unpaired) electrons. The minimum atomic E-state index is -0.916. The first-order chi connectivity index (χ1) is 23.8. The van der Waals surface area contributed by atoms with Gasteiger partial charge in [-0.3, -0.25) is 14.5 Å². The number of ether oxygens (including phenoxy) is 2. The Morgan fingerprint density at radius 1 is 0.816 bits per heavy atom. The fourth-order valence-electron chi connectivity index (χ4n) is 5.68. The number of carbonyl (C=O) groups excluding carboxylic acids is 3. The van der Waals surface area contributed by atoms with Gasteiger partial charge in [0.05, 0.1) is 11.4 Å². The normalized spacial score (nSPS) is 17.0. The third-order valence-corrected chi connectivity index (χ3v) is 9.99. The van der Waals surface area contributed by atoms with Crippen LogP contribution < -0.4 is 20.7 Å². The number of hydrogen-bond donors (Lipinski definition) is 2. The van der Waals surface area contributed by atoms with Crippen LogP contribution in [0, 0.1) is 0 Å². The molecule has 1 saturated heterocycles. The summed E-state index contributed by atoms with van der Waals surface area (Å²) in [6.07, 6.45) is -0.272. The number of benzene rings is 5. The zero-order valence-corrected chi connectivity index (χ0v) is 27.9. The van der Waals surface area contributed by atoms with Crippen molar-refractivity contribution in [3.63, 3.8) is 0 Å². The number of primary amides is 1. The highest BCUT2D eigenvalue weighted by Gasteiger charge is 2.50. The Balaban J connectivity index is 1.12. The number of rotatable bonds is 12. The predicted molar refractivity (Wildman–Crippen MR) is 193 cm³/mol. The smallest absolute Gasteiger partial charge is 0.407 e. The molecule has 6 rings (SSSR count). The van der Waals surface area contributed by atoms with Crippen LogP contribution >= 0.6 is 11.8 Å². The van der Waals surface area contributed by atoms with E-state index in [1.54, 1.807) is 29.2 Å². The number of nitrogens with zero attached hydrogens (tertiary/aromatic N) is 1. The summed E-state index contributed by atoms with van der Waals surface area (Å²) in [5, 5.41) is 2.41. The molecule has 9 heteroatoms. The fourth-order valence-corrected chi connectivity index (χ4v) is 7.19. The summed E-state index contributed by atoms with van der Waals surface area (Å²) in [4.78, 5) is 40.5. The van der Waals surface area contributed by atoms with E-state index >= 15 is 0 Å². The molecule has 0 unspecified atom stereocenters. The van der Waals surface area contributed by atoms with Crippen LogP contribution in [0.5, 0.6) is 5.75 Å². The topological polar surface area (TPSA) is 111 Å². The van der Waals surface area contributed by atoms with E-state index in [0.29, 0.717) is 30.2 Å². The van der Waals surface area contributed by atoms with Gasteiger partial charge >= 0.3 is 6.09 Å². The Bertz CT molecular complexity index is 1920. The maximum Gasteiger partial charge on any atom is 0.407 e. The van der Waals surface area contributed by atoms with E-state index in [9.17, 15) is 14.4 Å². The zero-order chi connectivity index (χ0) is 34.2. The van der Waals surface area contributed by atoms with Crippen LogP contribution in [0.2, 0.25) is 0 Å². The first-order valence-corrected chi connectivity index (χ1v) is 16.9. The minimum absolute atomic E-state index is 0.0410. The molecule has 3 N–H and O–H groups in total. The highest BCUT2D eigenvalue weighted by atomic mass is 32.2. The number of nitrogens with two attached hydrogens (primary N) is 1. The summed E-state index contributed by atoms with van der Waals surface area (Å²) in [6, 6.07) is 42.4. The van der Waals surface area contributed by atoms with Crippen molar-refractivity contribution in [2.75, 3.05) is 11.5 Å². The van der Waals surface area contributed by atoms with E-state index in [0.717, 1.165) is 27.8 Å². The summed E-state index contributed by atoms with van der Waals surface area (Å²) >= 11 is 1.48. The Morgan fingerprint density at radius 2 is 1.49 bits per heavy atom. The van der Waals surface area contributed by atoms with Gasteiger partial charge in [-0.25, -0.2) is 4.79 Å². The second-order valence-corrected chi connectivity index (χ2v) is 13.5. The second kappa shape index (κ2) is 15.1. The maximum absolute atomic E-state index is 14.2. The van der Waals surface area contributed by atoms with Crippen LogP contribution in [-0.2, 0) is 22.7 Å². The molecule has 0 spiro atoms. The first-order valence-electron chi connectivity index (χ1n) is 16.0. The van der Waals surface area contributed by atoms with E-state index in [2.05, 4.69) is 5.32 Å². The van der Waals surface area contributed by atoms with E-state index in [1.165, 1.54) is 11.8 Å². The van der Waals surface area contributed by atoms with E-state index < -0.39 is 22.1 Å². The molecule has 5 aromatic carbocycles. The van der Waals surface area contributed by atoms with E-state index in [1.807, 2.05) is 116 Å². The average Bonchev–Trinajstić information content (AvgIpc) is 3.40. The van der Waals surface area contributed by atoms with Gasteiger partial charge in [0, 0.05) is 24.2 Å². The molecule has 0 aromatic heterocycles. The van der Waals surface area contributed by atoms with Crippen LogP contribution in [0.25, 0.3) is 11.1 Å². The number of alkyl carbamates (subject to hydrolysis) is 1. The quantitative estimate of drug-likeness (QED) is 0.140. The molecule has 3 amide bonds.